The van der Waals surface area contributed by atoms with E-state index < -0.39 is 0 Å². The topological polar surface area (TPSA) is 46.4 Å². The first-order valence-corrected chi connectivity index (χ1v) is 11.4. The molecule has 0 amide bonds. The minimum atomic E-state index is 0.288. The summed E-state index contributed by atoms with van der Waals surface area (Å²) in [5, 5.41) is 5.00. The number of aromatic nitrogens is 3. The van der Waals surface area contributed by atoms with Gasteiger partial charge in [-0.3, -0.25) is 4.90 Å². The monoisotopic (exact) mass is 411 g/mol. The lowest BCUT2D eigenvalue weighted by atomic mass is 9.81. The zero-order valence-electron chi connectivity index (χ0n) is 19.1. The van der Waals surface area contributed by atoms with Gasteiger partial charge in [0, 0.05) is 37.7 Å². The number of nitrogens with zero attached hydrogens (tertiary/aromatic N) is 5. The molecule has 0 bridgehead atoms. The standard InChI is InChI=1S/C24H37N5O/c1-24(2)11-5-6-21(24)23-25-22(20-9-7-19(8-10-20)18-27(3)4)26-29(23)13-12-28-14-16-30-17-15-28/h7-10,21H,5-6,11-18H2,1-4H3. The van der Waals surface area contributed by atoms with Gasteiger partial charge in [-0.25, -0.2) is 9.67 Å². The highest BCUT2D eigenvalue weighted by Gasteiger charge is 2.39. The van der Waals surface area contributed by atoms with E-state index in [9.17, 15) is 0 Å². The van der Waals surface area contributed by atoms with Gasteiger partial charge in [-0.2, -0.15) is 5.10 Å². The van der Waals surface area contributed by atoms with Crippen molar-refractivity contribution in [2.75, 3.05) is 46.9 Å². The third-order valence-electron chi connectivity index (χ3n) is 6.71. The molecule has 0 N–H and O–H groups in total. The Kier molecular flexibility index (Phi) is 6.56. The van der Waals surface area contributed by atoms with Gasteiger partial charge in [-0.15, -0.1) is 0 Å². The summed E-state index contributed by atoms with van der Waals surface area (Å²) in [5.41, 5.74) is 2.71. The van der Waals surface area contributed by atoms with Crippen molar-refractivity contribution >= 4 is 0 Å². The molecular formula is C24H37N5O. The molecule has 1 saturated heterocycles. The van der Waals surface area contributed by atoms with Crippen LogP contribution in [0.1, 0.15) is 50.4 Å². The first kappa shape index (κ1) is 21.5. The summed E-state index contributed by atoms with van der Waals surface area (Å²) in [4.78, 5) is 9.78. The molecule has 1 aliphatic heterocycles. The summed E-state index contributed by atoms with van der Waals surface area (Å²) >= 11 is 0. The first-order chi connectivity index (χ1) is 14.4. The minimum absolute atomic E-state index is 0.288. The Balaban J connectivity index is 1.58. The molecule has 0 spiro atoms. The fraction of sp³-hybridized carbons (Fsp3) is 0.667. The van der Waals surface area contributed by atoms with E-state index in [0.717, 1.165) is 57.3 Å². The Morgan fingerprint density at radius 1 is 1.10 bits per heavy atom. The molecule has 1 aliphatic carbocycles. The van der Waals surface area contributed by atoms with Crippen LogP contribution in [0.3, 0.4) is 0 Å². The van der Waals surface area contributed by atoms with Gasteiger partial charge < -0.3 is 9.64 Å². The molecule has 6 nitrogen and oxygen atoms in total. The quantitative estimate of drug-likeness (QED) is 0.696. The summed E-state index contributed by atoms with van der Waals surface area (Å²) in [5.74, 6) is 2.53. The van der Waals surface area contributed by atoms with Crippen LogP contribution in [0.25, 0.3) is 11.4 Å². The summed E-state index contributed by atoms with van der Waals surface area (Å²) in [7, 11) is 4.20. The van der Waals surface area contributed by atoms with Gasteiger partial charge in [-0.05, 0) is 37.9 Å². The Labute approximate surface area is 181 Å². The molecule has 1 atom stereocenters. The lowest BCUT2D eigenvalue weighted by Gasteiger charge is -2.28. The number of morpholine rings is 1. The average molecular weight is 412 g/mol. The molecule has 1 aromatic heterocycles. The maximum absolute atomic E-state index is 5.50. The highest BCUT2D eigenvalue weighted by Crippen LogP contribution is 2.48. The smallest absolute Gasteiger partial charge is 0.181 e. The van der Waals surface area contributed by atoms with E-state index in [4.69, 9.17) is 14.8 Å². The third kappa shape index (κ3) is 4.93. The molecule has 2 heterocycles. The molecule has 2 aromatic rings. The predicted octanol–water partition coefficient (Wildman–Crippen LogP) is 3.63. The molecule has 30 heavy (non-hydrogen) atoms. The number of benzene rings is 1. The first-order valence-electron chi connectivity index (χ1n) is 11.4. The molecule has 2 aliphatic rings. The van der Waals surface area contributed by atoms with Crippen LogP contribution in [0.2, 0.25) is 0 Å². The highest BCUT2D eigenvalue weighted by molar-refractivity contribution is 5.55. The van der Waals surface area contributed by atoms with Gasteiger partial charge in [0.15, 0.2) is 5.82 Å². The van der Waals surface area contributed by atoms with Crippen molar-refractivity contribution < 1.29 is 4.74 Å². The molecule has 1 aromatic carbocycles. The van der Waals surface area contributed by atoms with Crippen LogP contribution in [0.4, 0.5) is 0 Å². The largest absolute Gasteiger partial charge is 0.379 e. The zero-order valence-corrected chi connectivity index (χ0v) is 19.1. The van der Waals surface area contributed by atoms with E-state index in [1.807, 2.05) is 0 Å². The van der Waals surface area contributed by atoms with Crippen molar-refractivity contribution in [3.05, 3.63) is 35.7 Å². The van der Waals surface area contributed by atoms with E-state index >= 15 is 0 Å². The molecule has 1 unspecified atom stereocenters. The maximum atomic E-state index is 5.50. The lowest BCUT2D eigenvalue weighted by molar-refractivity contribution is 0.0357. The fourth-order valence-electron chi connectivity index (χ4n) is 4.89. The SMILES string of the molecule is CN(C)Cc1ccc(-c2nc(C3CCCC3(C)C)n(CCN3CCOCC3)n2)cc1. The van der Waals surface area contributed by atoms with Crippen molar-refractivity contribution in [1.29, 1.82) is 0 Å². The number of rotatable bonds is 7. The van der Waals surface area contributed by atoms with Gasteiger partial charge >= 0.3 is 0 Å². The molecular weight excluding hydrogens is 374 g/mol. The Hall–Kier alpha value is -1.76. The van der Waals surface area contributed by atoms with Gasteiger partial charge in [0.1, 0.15) is 5.82 Å². The predicted molar refractivity (Wildman–Crippen MR) is 120 cm³/mol. The van der Waals surface area contributed by atoms with E-state index in [0.29, 0.717) is 5.92 Å². The van der Waals surface area contributed by atoms with E-state index in [-0.39, 0.29) is 5.41 Å². The molecule has 4 rings (SSSR count). The molecule has 0 radical (unpaired) electrons. The van der Waals surface area contributed by atoms with Gasteiger partial charge in [-0.1, -0.05) is 44.5 Å². The third-order valence-corrected chi connectivity index (χ3v) is 6.71. The number of ether oxygens (including phenoxy) is 1. The van der Waals surface area contributed by atoms with E-state index in [2.05, 4.69) is 66.7 Å². The summed E-state index contributed by atoms with van der Waals surface area (Å²) in [6.07, 6.45) is 3.76. The molecule has 164 valence electrons. The average Bonchev–Trinajstić information content (AvgIpc) is 3.29. The van der Waals surface area contributed by atoms with E-state index in [1.165, 1.54) is 30.7 Å². The second-order valence-corrected chi connectivity index (χ2v) is 9.84. The normalized spacial score (nSPS) is 22.1. The van der Waals surface area contributed by atoms with Crippen LogP contribution in [-0.4, -0.2) is 71.5 Å². The van der Waals surface area contributed by atoms with Crippen LogP contribution in [0.5, 0.6) is 0 Å². The Morgan fingerprint density at radius 2 is 1.83 bits per heavy atom. The summed E-state index contributed by atoms with van der Waals surface area (Å²) in [6.45, 7) is 11.3. The second-order valence-electron chi connectivity index (χ2n) is 9.84. The van der Waals surface area contributed by atoms with Crippen molar-refractivity contribution in [1.82, 2.24) is 24.6 Å². The van der Waals surface area contributed by atoms with Crippen LogP contribution in [0.15, 0.2) is 24.3 Å². The van der Waals surface area contributed by atoms with Crippen LogP contribution in [0, 0.1) is 5.41 Å². The molecule has 1 saturated carbocycles. The van der Waals surface area contributed by atoms with E-state index in [1.54, 1.807) is 0 Å². The molecule has 6 heteroatoms. The Bertz CT molecular complexity index is 821. The molecule has 2 fully saturated rings. The summed E-state index contributed by atoms with van der Waals surface area (Å²) < 4.78 is 7.70. The van der Waals surface area contributed by atoms with Crippen molar-refractivity contribution in [3.8, 4) is 11.4 Å². The Morgan fingerprint density at radius 3 is 2.47 bits per heavy atom. The minimum Gasteiger partial charge on any atom is -0.379 e. The number of hydrogen-bond acceptors (Lipinski definition) is 5. The van der Waals surface area contributed by atoms with Crippen LogP contribution < -0.4 is 0 Å². The van der Waals surface area contributed by atoms with Crippen molar-refractivity contribution in [2.24, 2.45) is 5.41 Å². The lowest BCUT2D eigenvalue weighted by Crippen LogP contribution is -2.38. The van der Waals surface area contributed by atoms with Crippen molar-refractivity contribution in [3.63, 3.8) is 0 Å². The zero-order chi connectivity index (χ0) is 21.1. The van der Waals surface area contributed by atoms with Gasteiger partial charge in [0.05, 0.1) is 19.8 Å². The number of hydrogen-bond donors (Lipinski definition) is 0. The highest BCUT2D eigenvalue weighted by atomic mass is 16.5. The second kappa shape index (κ2) is 9.16. The maximum Gasteiger partial charge on any atom is 0.181 e. The van der Waals surface area contributed by atoms with Crippen molar-refractivity contribution in [2.45, 2.75) is 52.1 Å². The van der Waals surface area contributed by atoms with Gasteiger partial charge in [0.2, 0.25) is 0 Å². The van der Waals surface area contributed by atoms with Crippen LogP contribution in [-0.2, 0) is 17.8 Å². The fourth-order valence-corrected chi connectivity index (χ4v) is 4.89. The van der Waals surface area contributed by atoms with Gasteiger partial charge in [0.25, 0.3) is 0 Å². The summed E-state index contributed by atoms with van der Waals surface area (Å²) in [6, 6.07) is 8.74. The van der Waals surface area contributed by atoms with Crippen LogP contribution >= 0.6 is 0 Å².